The quantitative estimate of drug-likeness (QED) is 0.706. The molecule has 4 nitrogen and oxygen atoms in total. The van der Waals surface area contributed by atoms with Crippen LogP contribution in [-0.2, 0) is 16.0 Å². The first-order chi connectivity index (χ1) is 12.1. The summed E-state index contributed by atoms with van der Waals surface area (Å²) in [6.07, 6.45) is 3.49. The average molecular weight is 350 g/mol. The molecule has 1 aliphatic heterocycles. The number of rotatable bonds is 7. The van der Waals surface area contributed by atoms with Gasteiger partial charge in [-0.1, -0.05) is 18.6 Å². The van der Waals surface area contributed by atoms with Crippen molar-refractivity contribution >= 4 is 0 Å². The number of benzene rings is 1. The first-order valence-corrected chi connectivity index (χ1v) is 9.41. The van der Waals surface area contributed by atoms with Crippen LogP contribution in [0.1, 0.15) is 24.8 Å². The minimum Gasteiger partial charge on any atom is -0.380 e. The molecular formula is C20H31FN2O2. The fraction of sp³-hybridized carbons (Fsp3) is 0.700. The molecule has 1 heterocycles. The zero-order chi connectivity index (χ0) is 17.7. The van der Waals surface area contributed by atoms with Crippen LogP contribution in [0.15, 0.2) is 24.3 Å². The minimum atomic E-state index is -0.159. The number of halogens is 1. The van der Waals surface area contributed by atoms with Gasteiger partial charge in [0.15, 0.2) is 0 Å². The molecule has 2 atom stereocenters. The molecule has 0 N–H and O–H groups in total. The summed E-state index contributed by atoms with van der Waals surface area (Å²) in [5, 5.41) is 0. The first kappa shape index (κ1) is 18.8. The Bertz CT molecular complexity index is 554. The van der Waals surface area contributed by atoms with E-state index in [9.17, 15) is 4.39 Å². The fourth-order valence-electron chi connectivity index (χ4n) is 4.13. The lowest BCUT2D eigenvalue weighted by molar-refractivity contribution is -0.143. The molecule has 0 unspecified atom stereocenters. The van der Waals surface area contributed by atoms with E-state index in [0.717, 1.165) is 58.0 Å². The van der Waals surface area contributed by atoms with Crippen molar-refractivity contribution in [2.24, 2.45) is 5.92 Å². The number of nitrogens with zero attached hydrogens (tertiary/aromatic N) is 2. The molecule has 1 saturated heterocycles. The van der Waals surface area contributed by atoms with Crippen LogP contribution < -0.4 is 0 Å². The molecule has 0 radical (unpaired) electrons. The zero-order valence-electron chi connectivity index (χ0n) is 15.5. The second-order valence-corrected chi connectivity index (χ2v) is 7.72. The Morgan fingerprint density at radius 1 is 1.40 bits per heavy atom. The molecule has 1 saturated carbocycles. The van der Waals surface area contributed by atoms with E-state index in [1.165, 1.54) is 18.9 Å². The molecule has 1 aromatic rings. The topological polar surface area (TPSA) is 24.9 Å². The molecule has 1 spiro atoms. The maximum Gasteiger partial charge on any atom is 0.123 e. The van der Waals surface area contributed by atoms with Gasteiger partial charge in [-0.25, -0.2) is 4.39 Å². The van der Waals surface area contributed by atoms with Gasteiger partial charge in [-0.15, -0.1) is 0 Å². The zero-order valence-corrected chi connectivity index (χ0v) is 15.5. The van der Waals surface area contributed by atoms with E-state index in [0.29, 0.717) is 5.92 Å². The van der Waals surface area contributed by atoms with Crippen molar-refractivity contribution in [3.63, 3.8) is 0 Å². The third kappa shape index (κ3) is 5.00. The van der Waals surface area contributed by atoms with Gasteiger partial charge in [-0.2, -0.15) is 0 Å². The summed E-state index contributed by atoms with van der Waals surface area (Å²) in [5.74, 6) is 0.304. The summed E-state index contributed by atoms with van der Waals surface area (Å²) in [5.41, 5.74) is 0.956. The Labute approximate surface area is 150 Å². The second-order valence-electron chi connectivity index (χ2n) is 7.72. The minimum absolute atomic E-state index is 0.0797. The number of hydrogen-bond donors (Lipinski definition) is 0. The van der Waals surface area contributed by atoms with Crippen molar-refractivity contribution in [1.82, 2.24) is 9.80 Å². The lowest BCUT2D eigenvalue weighted by Crippen LogP contribution is -2.54. The van der Waals surface area contributed by atoms with Crippen LogP contribution in [0.5, 0.6) is 0 Å². The van der Waals surface area contributed by atoms with Gasteiger partial charge in [-0.05, 0) is 44.6 Å². The SMILES string of the molecule is CN(C)CCOC[C@H]1CCC[C@]12CN(Cc1cccc(F)c1)CCO2. The Balaban J connectivity index is 1.56. The highest BCUT2D eigenvalue weighted by atomic mass is 19.1. The number of morpholine rings is 1. The van der Waals surface area contributed by atoms with Crippen LogP contribution >= 0.6 is 0 Å². The monoisotopic (exact) mass is 350 g/mol. The van der Waals surface area contributed by atoms with Gasteiger partial charge < -0.3 is 14.4 Å². The van der Waals surface area contributed by atoms with Gasteiger partial charge in [0.05, 0.1) is 25.4 Å². The maximum absolute atomic E-state index is 13.4. The van der Waals surface area contributed by atoms with Crippen LogP contribution in [0.25, 0.3) is 0 Å². The van der Waals surface area contributed by atoms with E-state index >= 15 is 0 Å². The number of hydrogen-bond acceptors (Lipinski definition) is 4. The number of ether oxygens (including phenoxy) is 2. The van der Waals surface area contributed by atoms with Crippen LogP contribution in [0.4, 0.5) is 4.39 Å². The van der Waals surface area contributed by atoms with E-state index in [2.05, 4.69) is 23.9 Å². The maximum atomic E-state index is 13.4. The molecule has 0 bridgehead atoms. The Kier molecular flexibility index (Phi) is 6.44. The van der Waals surface area contributed by atoms with Crippen LogP contribution in [0, 0.1) is 11.7 Å². The third-order valence-electron chi connectivity index (χ3n) is 5.48. The van der Waals surface area contributed by atoms with Gasteiger partial charge in [0.1, 0.15) is 5.82 Å². The molecule has 0 amide bonds. The fourth-order valence-corrected chi connectivity index (χ4v) is 4.13. The molecule has 1 aromatic carbocycles. The van der Waals surface area contributed by atoms with Gasteiger partial charge >= 0.3 is 0 Å². The summed E-state index contributed by atoms with van der Waals surface area (Å²) in [4.78, 5) is 4.55. The lowest BCUT2D eigenvalue weighted by atomic mass is 9.89. The highest BCUT2D eigenvalue weighted by Gasteiger charge is 2.46. The first-order valence-electron chi connectivity index (χ1n) is 9.41. The third-order valence-corrected chi connectivity index (χ3v) is 5.48. The van der Waals surface area contributed by atoms with E-state index in [-0.39, 0.29) is 11.4 Å². The molecule has 140 valence electrons. The molecule has 1 aliphatic carbocycles. The molecule has 0 aromatic heterocycles. The number of likely N-dealkylation sites (N-methyl/N-ethyl adjacent to an activating group) is 1. The van der Waals surface area contributed by atoms with Crippen LogP contribution in [-0.4, -0.2) is 69.0 Å². The largest absolute Gasteiger partial charge is 0.380 e. The summed E-state index contributed by atoms with van der Waals surface area (Å²) in [6.45, 7) is 5.87. The van der Waals surface area contributed by atoms with Crippen molar-refractivity contribution in [3.8, 4) is 0 Å². The van der Waals surface area contributed by atoms with Gasteiger partial charge in [0.2, 0.25) is 0 Å². The highest BCUT2D eigenvalue weighted by Crippen LogP contribution is 2.41. The van der Waals surface area contributed by atoms with Crippen LogP contribution in [0.2, 0.25) is 0 Å². The Morgan fingerprint density at radius 2 is 2.28 bits per heavy atom. The Morgan fingerprint density at radius 3 is 3.08 bits per heavy atom. The van der Waals surface area contributed by atoms with Crippen molar-refractivity contribution in [3.05, 3.63) is 35.6 Å². The molecule has 2 aliphatic rings. The van der Waals surface area contributed by atoms with E-state index < -0.39 is 0 Å². The normalized spacial score (nSPS) is 27.4. The Hall–Kier alpha value is -1.01. The summed E-state index contributed by atoms with van der Waals surface area (Å²) in [7, 11) is 4.13. The lowest BCUT2D eigenvalue weighted by Gasteiger charge is -2.44. The van der Waals surface area contributed by atoms with E-state index in [1.807, 2.05) is 6.07 Å². The van der Waals surface area contributed by atoms with Crippen molar-refractivity contribution < 1.29 is 13.9 Å². The highest BCUT2D eigenvalue weighted by molar-refractivity contribution is 5.16. The van der Waals surface area contributed by atoms with Gasteiger partial charge in [0.25, 0.3) is 0 Å². The van der Waals surface area contributed by atoms with Crippen molar-refractivity contribution in [2.45, 2.75) is 31.4 Å². The molecule has 3 rings (SSSR count). The summed E-state index contributed by atoms with van der Waals surface area (Å²) >= 11 is 0. The molecule has 2 fully saturated rings. The second kappa shape index (κ2) is 8.58. The predicted molar refractivity (Wildman–Crippen MR) is 97.1 cm³/mol. The van der Waals surface area contributed by atoms with Crippen molar-refractivity contribution in [1.29, 1.82) is 0 Å². The predicted octanol–water partition coefficient (Wildman–Crippen LogP) is 2.78. The summed E-state index contributed by atoms with van der Waals surface area (Å²) < 4.78 is 25.7. The van der Waals surface area contributed by atoms with Gasteiger partial charge in [-0.3, -0.25) is 4.90 Å². The van der Waals surface area contributed by atoms with E-state index in [1.54, 1.807) is 12.1 Å². The standard InChI is InChI=1S/C20H31FN2O2/c1-22(2)9-11-24-15-18-6-4-8-20(18)16-23(10-12-25-20)14-17-5-3-7-19(21)13-17/h3,5,7,13,18H,4,6,8-12,14-16H2,1-2H3/t18-,20+/m1/s1. The van der Waals surface area contributed by atoms with Crippen LogP contribution in [0.3, 0.4) is 0 Å². The van der Waals surface area contributed by atoms with Crippen molar-refractivity contribution in [2.75, 3.05) is 53.6 Å². The molecule has 25 heavy (non-hydrogen) atoms. The molecule has 5 heteroatoms. The smallest absolute Gasteiger partial charge is 0.123 e. The average Bonchev–Trinajstić information content (AvgIpc) is 2.93. The summed E-state index contributed by atoms with van der Waals surface area (Å²) in [6, 6.07) is 6.93. The van der Waals surface area contributed by atoms with Gasteiger partial charge in [0, 0.05) is 32.1 Å². The molecular weight excluding hydrogens is 319 g/mol. The van der Waals surface area contributed by atoms with E-state index in [4.69, 9.17) is 9.47 Å².